The zero-order valence-electron chi connectivity index (χ0n) is 9.99. The summed E-state index contributed by atoms with van der Waals surface area (Å²) in [6, 6.07) is 0. The first-order chi connectivity index (χ1) is 7.46. The molecule has 0 aliphatic heterocycles. The van der Waals surface area contributed by atoms with Gasteiger partial charge in [0.05, 0.1) is 0 Å². The summed E-state index contributed by atoms with van der Waals surface area (Å²) in [5.74, 6) is -12.9. The summed E-state index contributed by atoms with van der Waals surface area (Å²) in [4.78, 5) is 8.66. The van der Waals surface area contributed by atoms with Crippen molar-refractivity contribution >= 4 is 8.32 Å². The summed E-state index contributed by atoms with van der Waals surface area (Å²) >= 11 is 0. The standard InChI is InChI=1S/C6HF5O.C3H10OSi.Zn/c7-1-2(8)4(10)6(12)5(11)3(1)9;1-5(2,3)4;/h12H;4H,1-3H3;. The van der Waals surface area contributed by atoms with Crippen molar-refractivity contribution in [2.24, 2.45) is 0 Å². The van der Waals surface area contributed by atoms with Gasteiger partial charge in [0.25, 0.3) is 0 Å². The first-order valence-corrected chi connectivity index (χ1v) is 7.84. The van der Waals surface area contributed by atoms with Crippen LogP contribution in [0.4, 0.5) is 22.0 Å². The maximum Gasteiger partial charge on any atom is 0.206 e. The fraction of sp³-hybridized carbons (Fsp3) is 0.333. The maximum atomic E-state index is 12.2. The van der Waals surface area contributed by atoms with Crippen LogP contribution in [-0.2, 0) is 19.5 Å². The average Bonchev–Trinajstić information content (AvgIpc) is 2.18. The van der Waals surface area contributed by atoms with Crippen molar-refractivity contribution in [1.82, 2.24) is 0 Å². The largest absolute Gasteiger partial charge is 0.503 e. The van der Waals surface area contributed by atoms with Gasteiger partial charge in [-0.05, 0) is 19.6 Å². The Balaban J connectivity index is 0. The van der Waals surface area contributed by atoms with Crippen molar-refractivity contribution in [3.63, 3.8) is 0 Å². The van der Waals surface area contributed by atoms with E-state index in [1.165, 1.54) is 0 Å². The Kier molecular flexibility index (Phi) is 7.87. The summed E-state index contributed by atoms with van der Waals surface area (Å²) in [6.07, 6.45) is 0. The molecule has 0 amide bonds. The molecule has 0 bridgehead atoms. The molecule has 1 aromatic carbocycles. The maximum absolute atomic E-state index is 12.2. The summed E-state index contributed by atoms with van der Waals surface area (Å²) in [5, 5.41) is 8.30. The van der Waals surface area contributed by atoms with Crippen LogP contribution in [0.2, 0.25) is 19.6 Å². The van der Waals surface area contributed by atoms with Crippen LogP contribution in [0.15, 0.2) is 0 Å². The topological polar surface area (TPSA) is 40.5 Å². The molecule has 0 unspecified atom stereocenters. The molecule has 2 nitrogen and oxygen atoms in total. The van der Waals surface area contributed by atoms with Crippen LogP contribution >= 0.6 is 0 Å². The Bertz CT molecular complexity index is 311. The van der Waals surface area contributed by atoms with Crippen molar-refractivity contribution < 1.29 is 51.3 Å². The first-order valence-electron chi connectivity index (χ1n) is 4.39. The molecule has 0 atom stereocenters. The molecule has 0 radical (unpaired) electrons. The number of rotatable bonds is 0. The van der Waals surface area contributed by atoms with Gasteiger partial charge in [-0.15, -0.1) is 0 Å². The van der Waals surface area contributed by atoms with E-state index in [-0.39, 0.29) is 19.5 Å². The fourth-order valence-electron chi connectivity index (χ4n) is 0.593. The van der Waals surface area contributed by atoms with Gasteiger partial charge in [0, 0.05) is 19.5 Å². The molecule has 0 aliphatic carbocycles. The van der Waals surface area contributed by atoms with E-state index in [9.17, 15) is 22.0 Å². The molecule has 0 aromatic heterocycles. The molecule has 2 N–H and O–H groups in total. The monoisotopic (exact) mass is 338 g/mol. The minimum atomic E-state index is -2.29. The summed E-state index contributed by atoms with van der Waals surface area (Å²) in [5.41, 5.74) is 0. The molecule has 0 fully saturated rings. The molecule has 0 saturated carbocycles. The molecule has 1 rings (SSSR count). The molecule has 0 aliphatic rings. The molecule has 100 valence electrons. The van der Waals surface area contributed by atoms with Crippen molar-refractivity contribution in [2.45, 2.75) is 19.6 Å². The van der Waals surface area contributed by atoms with Crippen LogP contribution in [0.5, 0.6) is 5.75 Å². The van der Waals surface area contributed by atoms with Gasteiger partial charge in [0.1, 0.15) is 0 Å². The van der Waals surface area contributed by atoms with Crippen molar-refractivity contribution in [3.05, 3.63) is 29.1 Å². The van der Waals surface area contributed by atoms with Crippen molar-refractivity contribution in [1.29, 1.82) is 0 Å². The Labute approximate surface area is 114 Å². The molecule has 0 heterocycles. The Morgan fingerprint density at radius 2 is 0.889 bits per heavy atom. The van der Waals surface area contributed by atoms with E-state index in [0.29, 0.717) is 0 Å². The molecule has 0 saturated heterocycles. The fourth-order valence-corrected chi connectivity index (χ4v) is 0.593. The van der Waals surface area contributed by atoms with Gasteiger partial charge in [-0.25, -0.2) is 13.2 Å². The Morgan fingerprint density at radius 1 is 0.722 bits per heavy atom. The summed E-state index contributed by atoms with van der Waals surface area (Å²) in [7, 11) is -1.61. The van der Waals surface area contributed by atoms with Crippen molar-refractivity contribution in [3.8, 4) is 5.75 Å². The molecule has 9 heteroatoms. The van der Waals surface area contributed by atoms with Crippen LogP contribution in [0.25, 0.3) is 0 Å². The average molecular weight is 340 g/mol. The second-order valence-corrected chi connectivity index (χ2v) is 8.43. The van der Waals surface area contributed by atoms with Gasteiger partial charge >= 0.3 is 0 Å². The van der Waals surface area contributed by atoms with E-state index >= 15 is 0 Å². The normalized spacial score (nSPS) is 10.3. The number of hydrogen-bond acceptors (Lipinski definition) is 2. The third-order valence-corrected chi connectivity index (χ3v) is 1.19. The summed E-state index contributed by atoms with van der Waals surface area (Å²) < 4.78 is 60.6. The quantitative estimate of drug-likeness (QED) is 0.330. The number of aromatic hydroxyl groups is 1. The zero-order valence-corrected chi connectivity index (χ0v) is 14.0. The second-order valence-electron chi connectivity index (χ2n) is 4.09. The van der Waals surface area contributed by atoms with E-state index < -0.39 is 43.2 Å². The van der Waals surface area contributed by atoms with Crippen LogP contribution in [0.3, 0.4) is 0 Å². The van der Waals surface area contributed by atoms with Gasteiger partial charge in [-0.2, -0.15) is 8.78 Å². The van der Waals surface area contributed by atoms with Gasteiger partial charge in [0.15, 0.2) is 14.1 Å². The minimum Gasteiger partial charge on any atom is -0.503 e. The Hall–Kier alpha value is -0.530. The number of phenolic OH excluding ortho intramolecular Hbond substituents is 1. The van der Waals surface area contributed by atoms with Gasteiger partial charge in [-0.1, -0.05) is 0 Å². The minimum absolute atomic E-state index is 0. The number of hydrogen-bond donors (Lipinski definition) is 2. The van der Waals surface area contributed by atoms with E-state index in [1.54, 1.807) is 0 Å². The number of halogens is 5. The van der Waals surface area contributed by atoms with Crippen molar-refractivity contribution in [2.75, 3.05) is 0 Å². The molecule has 18 heavy (non-hydrogen) atoms. The third kappa shape index (κ3) is 5.88. The van der Waals surface area contributed by atoms with Crippen LogP contribution in [0, 0.1) is 29.1 Å². The van der Waals surface area contributed by atoms with Gasteiger partial charge in [-0.3, -0.25) is 0 Å². The van der Waals surface area contributed by atoms with E-state index in [2.05, 4.69) is 0 Å². The number of benzene rings is 1. The molecule has 1 aromatic rings. The SMILES string of the molecule is C[Si](C)(C)O.Oc1c(F)c(F)c(F)c(F)c1F.[Zn]. The van der Waals surface area contributed by atoms with E-state index in [0.717, 1.165) is 0 Å². The predicted molar refractivity (Wildman–Crippen MR) is 53.5 cm³/mol. The molecule has 0 spiro atoms. The molecular weight excluding hydrogens is 329 g/mol. The molecular formula is C9H11F5O2SiZn. The van der Waals surface area contributed by atoms with Gasteiger partial charge < -0.3 is 9.90 Å². The van der Waals surface area contributed by atoms with E-state index in [4.69, 9.17) is 9.90 Å². The third-order valence-electron chi connectivity index (χ3n) is 1.19. The zero-order chi connectivity index (χ0) is 14.0. The second kappa shape index (κ2) is 7.16. The Morgan fingerprint density at radius 3 is 1.11 bits per heavy atom. The van der Waals surface area contributed by atoms with Crippen LogP contribution in [0.1, 0.15) is 0 Å². The van der Waals surface area contributed by atoms with Crippen LogP contribution < -0.4 is 0 Å². The van der Waals surface area contributed by atoms with Crippen LogP contribution in [-0.4, -0.2) is 18.2 Å². The van der Waals surface area contributed by atoms with Gasteiger partial charge in [0.2, 0.25) is 29.1 Å². The predicted octanol–water partition coefficient (Wildman–Crippen LogP) is 2.90. The van der Waals surface area contributed by atoms with E-state index in [1.807, 2.05) is 19.6 Å². The summed E-state index contributed by atoms with van der Waals surface area (Å²) in [6.45, 7) is 5.65. The smallest absolute Gasteiger partial charge is 0.206 e. The first kappa shape index (κ1) is 19.8. The number of phenols is 1.